The molecule has 1 amide bonds. The third kappa shape index (κ3) is 3.22. The minimum absolute atomic E-state index is 0.0436. The van der Waals surface area contributed by atoms with E-state index in [1.165, 1.54) is 0 Å². The number of rotatable bonds is 4. The van der Waals surface area contributed by atoms with Crippen molar-refractivity contribution in [2.45, 2.75) is 6.42 Å². The second-order valence-corrected chi connectivity index (χ2v) is 3.20. The summed E-state index contributed by atoms with van der Waals surface area (Å²) in [5.41, 5.74) is 4.31. The number of nitrogens with two attached hydrogens (primary N) is 1. The van der Waals surface area contributed by atoms with E-state index in [-0.39, 0.29) is 18.7 Å². The summed E-state index contributed by atoms with van der Waals surface area (Å²) in [5.74, 6) is -4.56. The van der Waals surface area contributed by atoms with Crippen LogP contribution in [-0.2, 0) is 4.79 Å². The normalized spacial score (nSPS) is 10.1. The zero-order valence-corrected chi connectivity index (χ0v) is 8.67. The molecule has 92 valence electrons. The van der Waals surface area contributed by atoms with E-state index in [0.29, 0.717) is 12.1 Å². The minimum atomic E-state index is -1.47. The molecule has 0 saturated heterocycles. The highest BCUT2D eigenvalue weighted by Crippen LogP contribution is 2.20. The van der Waals surface area contributed by atoms with Crippen molar-refractivity contribution >= 4 is 17.6 Å². The monoisotopic (exact) mass is 244 g/mol. The van der Waals surface area contributed by atoms with Crippen molar-refractivity contribution in [3.05, 3.63) is 29.3 Å². The zero-order valence-electron chi connectivity index (χ0n) is 8.67. The summed E-state index contributed by atoms with van der Waals surface area (Å²) < 4.78 is 25.7. The molecule has 0 atom stereocenters. The van der Waals surface area contributed by atoms with Crippen LogP contribution in [0.4, 0.5) is 14.5 Å². The smallest absolute Gasteiger partial charge is 0.337 e. The van der Waals surface area contributed by atoms with Gasteiger partial charge in [0.05, 0.1) is 11.3 Å². The molecule has 1 aromatic rings. The fourth-order valence-electron chi connectivity index (χ4n) is 1.17. The van der Waals surface area contributed by atoms with Gasteiger partial charge in [-0.15, -0.1) is 0 Å². The Hall–Kier alpha value is -2.02. The number of anilines is 1. The van der Waals surface area contributed by atoms with Crippen LogP contribution in [0.3, 0.4) is 0 Å². The van der Waals surface area contributed by atoms with E-state index in [0.717, 1.165) is 0 Å². The second-order valence-electron chi connectivity index (χ2n) is 3.20. The SMILES string of the molecule is NCCC(=O)Nc1cc(F)c(F)cc1C(=O)O. The van der Waals surface area contributed by atoms with Crippen LogP contribution in [0.15, 0.2) is 12.1 Å². The highest BCUT2D eigenvalue weighted by atomic mass is 19.2. The number of benzene rings is 1. The molecule has 0 aromatic heterocycles. The molecule has 1 rings (SSSR count). The Balaban J connectivity index is 3.08. The third-order valence-electron chi connectivity index (χ3n) is 1.94. The van der Waals surface area contributed by atoms with Crippen molar-refractivity contribution in [2.75, 3.05) is 11.9 Å². The first-order valence-electron chi connectivity index (χ1n) is 4.68. The summed E-state index contributed by atoms with van der Waals surface area (Å²) in [5, 5.41) is 10.9. The Kier molecular flexibility index (Phi) is 4.11. The lowest BCUT2D eigenvalue weighted by Gasteiger charge is -2.08. The first-order chi connectivity index (χ1) is 7.95. The maximum absolute atomic E-state index is 12.9. The van der Waals surface area contributed by atoms with Crippen molar-refractivity contribution in [1.29, 1.82) is 0 Å². The van der Waals surface area contributed by atoms with Crippen molar-refractivity contribution in [3.8, 4) is 0 Å². The molecule has 0 aliphatic rings. The fourth-order valence-corrected chi connectivity index (χ4v) is 1.17. The van der Waals surface area contributed by atoms with E-state index in [9.17, 15) is 18.4 Å². The fraction of sp³-hybridized carbons (Fsp3) is 0.200. The van der Waals surface area contributed by atoms with E-state index in [1.807, 2.05) is 0 Å². The molecule has 0 fully saturated rings. The average Bonchev–Trinajstić information content (AvgIpc) is 2.23. The third-order valence-corrected chi connectivity index (χ3v) is 1.94. The van der Waals surface area contributed by atoms with Crippen LogP contribution in [0, 0.1) is 11.6 Å². The molecule has 0 aliphatic heterocycles. The van der Waals surface area contributed by atoms with E-state index in [1.54, 1.807) is 0 Å². The lowest BCUT2D eigenvalue weighted by molar-refractivity contribution is -0.116. The van der Waals surface area contributed by atoms with Gasteiger partial charge in [-0.25, -0.2) is 13.6 Å². The molecule has 0 radical (unpaired) electrons. The lowest BCUT2D eigenvalue weighted by Crippen LogP contribution is -2.18. The van der Waals surface area contributed by atoms with Gasteiger partial charge in [-0.2, -0.15) is 0 Å². The Bertz CT molecular complexity index is 463. The summed E-state index contributed by atoms with van der Waals surface area (Å²) in [4.78, 5) is 21.9. The number of amides is 1. The largest absolute Gasteiger partial charge is 0.478 e. The molecule has 4 N–H and O–H groups in total. The van der Waals surface area contributed by atoms with E-state index in [2.05, 4.69) is 5.32 Å². The number of aromatic carboxylic acids is 1. The topological polar surface area (TPSA) is 92.4 Å². The van der Waals surface area contributed by atoms with Gasteiger partial charge in [-0.1, -0.05) is 0 Å². The van der Waals surface area contributed by atoms with Crippen molar-refractivity contribution in [1.82, 2.24) is 0 Å². The minimum Gasteiger partial charge on any atom is -0.478 e. The number of hydrogen-bond donors (Lipinski definition) is 3. The van der Waals surface area contributed by atoms with Gasteiger partial charge in [0.15, 0.2) is 11.6 Å². The first kappa shape index (κ1) is 13.0. The summed E-state index contributed by atoms with van der Waals surface area (Å²) >= 11 is 0. The molecule has 0 bridgehead atoms. The van der Waals surface area contributed by atoms with Crippen molar-refractivity contribution in [3.63, 3.8) is 0 Å². The summed E-state index contributed by atoms with van der Waals surface area (Å²) in [6.45, 7) is 0.0674. The second kappa shape index (κ2) is 5.35. The molecule has 0 aliphatic carbocycles. The maximum Gasteiger partial charge on any atom is 0.337 e. The molecule has 17 heavy (non-hydrogen) atoms. The van der Waals surface area contributed by atoms with Crippen LogP contribution in [0.25, 0.3) is 0 Å². The number of carboxylic acids is 1. The van der Waals surface area contributed by atoms with Crippen LogP contribution in [0.5, 0.6) is 0 Å². The molecular formula is C10H10F2N2O3. The maximum atomic E-state index is 12.9. The van der Waals surface area contributed by atoms with Crippen LogP contribution in [-0.4, -0.2) is 23.5 Å². The van der Waals surface area contributed by atoms with Gasteiger partial charge < -0.3 is 16.2 Å². The average molecular weight is 244 g/mol. The number of carbonyl (C=O) groups is 2. The van der Waals surface area contributed by atoms with Crippen LogP contribution >= 0.6 is 0 Å². The standard InChI is InChI=1S/C10H10F2N2O3/c11-6-3-5(10(16)17)8(4-7(6)12)14-9(15)1-2-13/h3-4H,1-2,13H2,(H,14,15)(H,16,17). The van der Waals surface area contributed by atoms with Gasteiger partial charge in [0.2, 0.25) is 5.91 Å². The Morgan fingerprint density at radius 2 is 1.88 bits per heavy atom. The molecular weight excluding hydrogens is 234 g/mol. The van der Waals surface area contributed by atoms with Gasteiger partial charge in [0.25, 0.3) is 0 Å². The summed E-state index contributed by atoms with van der Waals surface area (Å²) in [6.07, 6.45) is -0.0436. The van der Waals surface area contributed by atoms with Gasteiger partial charge in [0, 0.05) is 19.0 Å². The van der Waals surface area contributed by atoms with Gasteiger partial charge in [-0.05, 0) is 6.07 Å². The Morgan fingerprint density at radius 3 is 2.41 bits per heavy atom. The van der Waals surface area contributed by atoms with Crippen molar-refractivity contribution in [2.24, 2.45) is 5.73 Å². The highest BCUT2D eigenvalue weighted by Gasteiger charge is 2.16. The lowest BCUT2D eigenvalue weighted by atomic mass is 10.1. The number of nitrogens with one attached hydrogen (secondary N) is 1. The van der Waals surface area contributed by atoms with E-state index in [4.69, 9.17) is 10.8 Å². The Morgan fingerprint density at radius 1 is 1.29 bits per heavy atom. The van der Waals surface area contributed by atoms with Gasteiger partial charge in [-0.3, -0.25) is 4.79 Å². The van der Waals surface area contributed by atoms with Crippen LogP contribution in [0.1, 0.15) is 16.8 Å². The number of carbonyl (C=O) groups excluding carboxylic acids is 1. The van der Waals surface area contributed by atoms with Crippen molar-refractivity contribution < 1.29 is 23.5 Å². The predicted molar refractivity (Wildman–Crippen MR) is 55.6 cm³/mol. The first-order valence-corrected chi connectivity index (χ1v) is 4.68. The van der Waals surface area contributed by atoms with E-state index >= 15 is 0 Å². The molecule has 0 unspecified atom stereocenters. The summed E-state index contributed by atoms with van der Waals surface area (Å²) in [7, 11) is 0. The highest BCUT2D eigenvalue weighted by molar-refractivity contribution is 6.00. The number of carboxylic acid groups (broad SMARTS) is 1. The molecule has 1 aromatic carbocycles. The van der Waals surface area contributed by atoms with Crippen LogP contribution < -0.4 is 11.1 Å². The molecule has 0 spiro atoms. The number of hydrogen-bond acceptors (Lipinski definition) is 3. The van der Waals surface area contributed by atoms with E-state index < -0.39 is 29.1 Å². The van der Waals surface area contributed by atoms with Gasteiger partial charge in [0.1, 0.15) is 0 Å². The van der Waals surface area contributed by atoms with Gasteiger partial charge >= 0.3 is 5.97 Å². The zero-order chi connectivity index (χ0) is 13.0. The Labute approximate surface area is 95.2 Å². The molecule has 7 heteroatoms. The van der Waals surface area contributed by atoms with Crippen LogP contribution in [0.2, 0.25) is 0 Å². The quantitative estimate of drug-likeness (QED) is 0.735. The summed E-state index contributed by atoms with van der Waals surface area (Å²) in [6, 6.07) is 1.13. The predicted octanol–water partition coefficient (Wildman–Crippen LogP) is 0.950. The molecule has 0 heterocycles. The molecule has 5 nitrogen and oxygen atoms in total. The molecule has 0 saturated carbocycles. The number of halogens is 2.